The van der Waals surface area contributed by atoms with E-state index >= 15 is 0 Å². The molecule has 0 fully saturated rings. The molecule has 0 radical (unpaired) electrons. The molecule has 1 nitrogen and oxygen atoms in total. The summed E-state index contributed by atoms with van der Waals surface area (Å²) in [5.41, 5.74) is 6.76. The van der Waals surface area contributed by atoms with Gasteiger partial charge in [0.15, 0.2) is 0 Å². The first kappa shape index (κ1) is 22.6. The lowest BCUT2D eigenvalue weighted by molar-refractivity contribution is 0.228. The van der Waals surface area contributed by atoms with E-state index in [9.17, 15) is 0 Å². The molecule has 0 aliphatic rings. The topological polar surface area (TPSA) is 3.24 Å². The predicted molar refractivity (Wildman–Crippen MR) is 113 cm³/mol. The Hall–Kier alpha value is -1.37. The molecular formula is C22H35NS. The fourth-order valence-electron chi connectivity index (χ4n) is 2.94. The maximum Gasteiger partial charge on any atom is 0.0611 e. The van der Waals surface area contributed by atoms with Crippen LogP contribution in [0.15, 0.2) is 67.2 Å². The van der Waals surface area contributed by atoms with Crippen molar-refractivity contribution < 1.29 is 0 Å². The molecular weight excluding hydrogens is 310 g/mol. The van der Waals surface area contributed by atoms with Crippen LogP contribution in [0.5, 0.6) is 0 Å². The molecule has 0 bridgehead atoms. The largest absolute Gasteiger partial charge is 0.345 e. The maximum absolute atomic E-state index is 4.09. The minimum Gasteiger partial charge on any atom is -0.345 e. The van der Waals surface area contributed by atoms with Crippen LogP contribution in [0.1, 0.15) is 40.5 Å². The fraction of sp³-hybridized carbons (Fsp3) is 0.500. The van der Waals surface area contributed by atoms with E-state index in [2.05, 4.69) is 84.0 Å². The summed E-state index contributed by atoms with van der Waals surface area (Å²) in [7, 11) is 2.09. The van der Waals surface area contributed by atoms with Crippen LogP contribution in [-0.4, -0.2) is 23.5 Å². The van der Waals surface area contributed by atoms with Crippen molar-refractivity contribution in [1.82, 2.24) is 4.90 Å². The van der Waals surface area contributed by atoms with Crippen molar-refractivity contribution in [2.45, 2.75) is 45.8 Å². The molecule has 0 heterocycles. The third-order valence-corrected chi connectivity index (χ3v) is 5.58. The molecule has 0 saturated heterocycles. The van der Waals surface area contributed by atoms with Gasteiger partial charge in [0.2, 0.25) is 0 Å². The monoisotopic (exact) mass is 345 g/mol. The third-order valence-electron chi connectivity index (χ3n) is 4.62. The SMILES string of the molecule is C=C=C(CC(C=C)SC)N(C)/C(=C/C=C)C(C)C(C)(C)CC(=C)C. The standard InChI is InChI=1S/C22H35NS/c1-11-14-21(18(6)22(7,8)16-17(4)5)23(9)19(12-2)15-20(13-3)24-10/h11,13-14,18,20H,1-4,15-16H2,5-10H3/b21-14+. The third kappa shape index (κ3) is 6.63. The number of nitrogens with zero attached hydrogens (tertiary/aromatic N) is 1. The quantitative estimate of drug-likeness (QED) is 0.236. The highest BCUT2D eigenvalue weighted by atomic mass is 32.2. The average Bonchev–Trinajstić information content (AvgIpc) is 2.51. The van der Waals surface area contributed by atoms with Gasteiger partial charge in [-0.1, -0.05) is 51.7 Å². The Labute approximate surface area is 154 Å². The second-order valence-electron chi connectivity index (χ2n) is 7.07. The van der Waals surface area contributed by atoms with E-state index in [4.69, 9.17) is 0 Å². The molecule has 134 valence electrons. The van der Waals surface area contributed by atoms with Gasteiger partial charge in [0.1, 0.15) is 0 Å². The summed E-state index contributed by atoms with van der Waals surface area (Å²) in [6.45, 7) is 24.8. The average molecular weight is 346 g/mol. The molecule has 2 unspecified atom stereocenters. The van der Waals surface area contributed by atoms with Crippen LogP contribution in [-0.2, 0) is 0 Å². The molecule has 2 atom stereocenters. The molecule has 0 rings (SSSR count). The van der Waals surface area contributed by atoms with E-state index in [1.54, 1.807) is 11.8 Å². The highest BCUT2D eigenvalue weighted by molar-refractivity contribution is 7.99. The van der Waals surface area contributed by atoms with Gasteiger partial charge in [0, 0.05) is 30.3 Å². The number of rotatable bonds is 11. The Bertz CT molecular complexity index is 532. The Morgan fingerprint density at radius 3 is 2.29 bits per heavy atom. The normalized spacial score (nSPS) is 14.3. The summed E-state index contributed by atoms with van der Waals surface area (Å²) >= 11 is 1.79. The van der Waals surface area contributed by atoms with Gasteiger partial charge < -0.3 is 4.90 Å². The molecule has 0 aliphatic carbocycles. The van der Waals surface area contributed by atoms with E-state index in [0.717, 1.165) is 18.5 Å². The van der Waals surface area contributed by atoms with E-state index in [1.807, 2.05) is 12.2 Å². The first-order valence-corrected chi connectivity index (χ1v) is 9.68. The Kier molecular flexibility index (Phi) is 9.89. The first-order chi connectivity index (χ1) is 11.1. The van der Waals surface area contributed by atoms with Gasteiger partial charge in [-0.2, -0.15) is 11.8 Å². The van der Waals surface area contributed by atoms with Crippen molar-refractivity contribution in [2.75, 3.05) is 13.3 Å². The van der Waals surface area contributed by atoms with Crippen LogP contribution in [0.4, 0.5) is 0 Å². The zero-order valence-corrected chi connectivity index (χ0v) is 17.3. The summed E-state index contributed by atoms with van der Waals surface area (Å²) in [6, 6.07) is 0. The summed E-state index contributed by atoms with van der Waals surface area (Å²) in [6.07, 6.45) is 9.91. The van der Waals surface area contributed by atoms with Gasteiger partial charge in [0.25, 0.3) is 0 Å². The second kappa shape index (κ2) is 10.5. The molecule has 0 aromatic heterocycles. The number of hydrogen-bond donors (Lipinski definition) is 0. The van der Waals surface area contributed by atoms with Crippen LogP contribution >= 0.6 is 11.8 Å². The lowest BCUT2D eigenvalue weighted by atomic mass is 9.73. The Morgan fingerprint density at radius 1 is 1.33 bits per heavy atom. The van der Waals surface area contributed by atoms with Gasteiger partial charge in [-0.3, -0.25) is 0 Å². The van der Waals surface area contributed by atoms with Crippen molar-refractivity contribution in [3.8, 4) is 0 Å². The molecule has 24 heavy (non-hydrogen) atoms. The van der Waals surface area contributed by atoms with E-state index in [-0.39, 0.29) is 5.41 Å². The predicted octanol–water partition coefficient (Wildman–Crippen LogP) is 6.59. The van der Waals surface area contributed by atoms with Crippen LogP contribution in [0.3, 0.4) is 0 Å². The Morgan fingerprint density at radius 2 is 1.92 bits per heavy atom. The lowest BCUT2D eigenvalue weighted by Crippen LogP contribution is -2.31. The molecule has 2 heteroatoms. The minimum atomic E-state index is 0.110. The second-order valence-corrected chi connectivity index (χ2v) is 8.14. The van der Waals surface area contributed by atoms with E-state index in [0.29, 0.717) is 11.2 Å². The van der Waals surface area contributed by atoms with Gasteiger partial charge in [0.05, 0.1) is 5.70 Å². The van der Waals surface area contributed by atoms with Crippen molar-refractivity contribution >= 4 is 11.8 Å². The van der Waals surface area contributed by atoms with Crippen LogP contribution in [0.25, 0.3) is 0 Å². The van der Waals surface area contributed by atoms with E-state index in [1.165, 1.54) is 11.3 Å². The van der Waals surface area contributed by atoms with Crippen LogP contribution in [0.2, 0.25) is 0 Å². The highest BCUT2D eigenvalue weighted by Gasteiger charge is 2.31. The molecule has 0 aromatic carbocycles. The van der Waals surface area contributed by atoms with Crippen LogP contribution in [0, 0.1) is 11.3 Å². The summed E-state index contributed by atoms with van der Waals surface area (Å²) < 4.78 is 0. The van der Waals surface area contributed by atoms with Crippen molar-refractivity contribution in [1.29, 1.82) is 0 Å². The van der Waals surface area contributed by atoms with Gasteiger partial charge >= 0.3 is 0 Å². The van der Waals surface area contributed by atoms with Crippen molar-refractivity contribution in [3.63, 3.8) is 0 Å². The molecule has 0 saturated carbocycles. The Balaban J connectivity index is 5.62. The molecule has 0 spiro atoms. The number of thioether (sulfide) groups is 1. The summed E-state index contributed by atoms with van der Waals surface area (Å²) in [5.74, 6) is 0.344. The van der Waals surface area contributed by atoms with Crippen molar-refractivity contribution in [2.24, 2.45) is 11.3 Å². The molecule has 0 aliphatic heterocycles. The number of hydrogen-bond acceptors (Lipinski definition) is 2. The van der Waals surface area contributed by atoms with Gasteiger partial charge in [-0.15, -0.1) is 18.9 Å². The van der Waals surface area contributed by atoms with Gasteiger partial charge in [-0.25, -0.2) is 0 Å². The fourth-order valence-corrected chi connectivity index (χ4v) is 3.45. The van der Waals surface area contributed by atoms with Gasteiger partial charge in [-0.05, 0) is 31.1 Å². The van der Waals surface area contributed by atoms with E-state index < -0.39 is 0 Å². The zero-order chi connectivity index (χ0) is 18.9. The molecule has 0 amide bonds. The lowest BCUT2D eigenvalue weighted by Gasteiger charge is -2.38. The molecule has 0 aromatic rings. The maximum atomic E-state index is 4.09. The highest BCUT2D eigenvalue weighted by Crippen LogP contribution is 2.39. The minimum absolute atomic E-state index is 0.110. The smallest absolute Gasteiger partial charge is 0.0611 e. The number of allylic oxidation sites excluding steroid dienone is 5. The van der Waals surface area contributed by atoms with Crippen LogP contribution < -0.4 is 0 Å². The zero-order valence-electron chi connectivity index (χ0n) is 16.5. The summed E-state index contributed by atoms with van der Waals surface area (Å²) in [5, 5.41) is 0.361. The molecule has 0 N–H and O–H groups in total. The van der Waals surface area contributed by atoms with Crippen molar-refractivity contribution in [3.05, 3.63) is 67.2 Å². The first-order valence-electron chi connectivity index (χ1n) is 8.39. The summed E-state index contributed by atoms with van der Waals surface area (Å²) in [4.78, 5) is 2.21.